The Morgan fingerprint density at radius 1 is 1.23 bits per heavy atom. The number of ketones is 1. The van der Waals surface area contributed by atoms with E-state index in [1.54, 1.807) is 18.3 Å². The number of anilines is 2. The van der Waals surface area contributed by atoms with Crippen LogP contribution in [0, 0.1) is 11.2 Å². The van der Waals surface area contributed by atoms with Gasteiger partial charge in [0.25, 0.3) is 0 Å². The van der Waals surface area contributed by atoms with E-state index in [4.69, 9.17) is 11.6 Å². The number of fused-ring (bicyclic) bond motifs is 1. The van der Waals surface area contributed by atoms with E-state index in [0.29, 0.717) is 24.2 Å². The average Bonchev–Trinajstić information content (AvgIpc) is 2.70. The lowest BCUT2D eigenvalue weighted by Gasteiger charge is -2.34. The van der Waals surface area contributed by atoms with Crippen LogP contribution in [0.5, 0.6) is 0 Å². The Morgan fingerprint density at radius 3 is 2.81 bits per heavy atom. The largest absolute Gasteiger partial charge is 0.357 e. The van der Waals surface area contributed by atoms with Crippen molar-refractivity contribution in [2.45, 2.75) is 32.7 Å². The van der Waals surface area contributed by atoms with Crippen LogP contribution in [0.15, 0.2) is 47.8 Å². The van der Waals surface area contributed by atoms with Crippen molar-refractivity contribution < 1.29 is 9.18 Å². The SMILES string of the molecule is CC1(C)CC(=O)C2=C(C1)Nc1cccnc1N[C@@H]2c1c(F)cccc1Cl. The van der Waals surface area contributed by atoms with Gasteiger partial charge in [-0.3, -0.25) is 4.79 Å². The first-order valence-electron chi connectivity index (χ1n) is 8.54. The standard InChI is InChI=1S/C20H19ClFN3O/c1-20(2)9-14-17(15(26)10-20)18(16-11(21)5-3-6-12(16)22)25-19-13(24-14)7-4-8-23-19/h3-8,18,24H,9-10H2,1-2H3,(H,23,25)/t18-/m1/s1. The van der Waals surface area contributed by atoms with E-state index < -0.39 is 11.9 Å². The van der Waals surface area contributed by atoms with Gasteiger partial charge in [0, 0.05) is 34.5 Å². The third-order valence-corrected chi connectivity index (χ3v) is 5.20. The van der Waals surface area contributed by atoms with Crippen molar-refractivity contribution in [1.82, 2.24) is 4.98 Å². The first-order chi connectivity index (χ1) is 12.4. The number of allylic oxidation sites excluding steroid dienone is 1. The molecule has 2 aromatic rings. The molecule has 4 rings (SSSR count). The van der Waals surface area contributed by atoms with Crippen LogP contribution in [0.2, 0.25) is 5.02 Å². The minimum atomic E-state index is -0.689. The number of carbonyl (C=O) groups excluding carboxylic acids is 1. The maximum absolute atomic E-state index is 14.7. The van der Waals surface area contributed by atoms with E-state index in [1.165, 1.54) is 6.07 Å². The summed E-state index contributed by atoms with van der Waals surface area (Å²) in [6, 6.07) is 7.57. The maximum Gasteiger partial charge on any atom is 0.163 e. The third-order valence-electron chi connectivity index (χ3n) is 4.87. The van der Waals surface area contributed by atoms with E-state index in [9.17, 15) is 9.18 Å². The highest BCUT2D eigenvalue weighted by Gasteiger charge is 2.40. The van der Waals surface area contributed by atoms with Gasteiger partial charge >= 0.3 is 0 Å². The Balaban J connectivity index is 1.95. The number of halogens is 2. The van der Waals surface area contributed by atoms with Crippen molar-refractivity contribution in [2.24, 2.45) is 5.41 Å². The summed E-state index contributed by atoms with van der Waals surface area (Å²) in [6.45, 7) is 4.12. The molecule has 0 unspecified atom stereocenters. The summed E-state index contributed by atoms with van der Waals surface area (Å²) in [5, 5.41) is 6.88. The third kappa shape index (κ3) is 2.86. The molecule has 0 fully saturated rings. The summed E-state index contributed by atoms with van der Waals surface area (Å²) in [5.74, 6) is 0.115. The van der Waals surface area contributed by atoms with Gasteiger partial charge in [-0.25, -0.2) is 9.37 Å². The van der Waals surface area contributed by atoms with Crippen molar-refractivity contribution in [3.8, 4) is 0 Å². The summed E-state index contributed by atoms with van der Waals surface area (Å²) in [6.07, 6.45) is 2.75. The molecule has 0 bridgehead atoms. The molecule has 0 spiro atoms. The van der Waals surface area contributed by atoms with Gasteiger partial charge in [0.2, 0.25) is 0 Å². The lowest BCUT2D eigenvalue weighted by Crippen LogP contribution is -2.31. The fourth-order valence-corrected chi connectivity index (χ4v) is 4.05. The Morgan fingerprint density at radius 2 is 2.04 bits per heavy atom. The Bertz CT molecular complexity index is 918. The predicted octanol–water partition coefficient (Wildman–Crippen LogP) is 5.10. The second kappa shape index (κ2) is 6.09. The Hall–Kier alpha value is -2.40. The molecule has 4 nitrogen and oxygen atoms in total. The number of nitrogens with zero attached hydrogens (tertiary/aromatic N) is 1. The average molecular weight is 372 g/mol. The van der Waals surface area contributed by atoms with E-state index in [1.807, 2.05) is 12.1 Å². The van der Waals surface area contributed by atoms with Crippen molar-refractivity contribution >= 4 is 28.9 Å². The lowest BCUT2D eigenvalue weighted by molar-refractivity contribution is -0.118. The first kappa shape index (κ1) is 17.0. The second-order valence-corrected chi connectivity index (χ2v) is 7.98. The fraction of sp³-hybridized carbons (Fsp3) is 0.300. The monoisotopic (exact) mass is 371 g/mol. The zero-order valence-electron chi connectivity index (χ0n) is 14.6. The number of pyridine rings is 1. The van der Waals surface area contributed by atoms with Crippen LogP contribution in [0.1, 0.15) is 38.3 Å². The fourth-order valence-electron chi connectivity index (χ4n) is 3.78. The number of nitrogens with one attached hydrogen (secondary N) is 2. The van der Waals surface area contributed by atoms with Crippen molar-refractivity contribution in [3.05, 3.63) is 64.2 Å². The summed E-state index contributed by atoms with van der Waals surface area (Å²) in [7, 11) is 0. The summed E-state index contributed by atoms with van der Waals surface area (Å²) in [5.41, 5.74) is 2.21. The van der Waals surface area contributed by atoms with Gasteiger partial charge in [-0.1, -0.05) is 31.5 Å². The molecule has 1 aliphatic carbocycles. The molecule has 134 valence electrons. The van der Waals surface area contributed by atoms with Crippen molar-refractivity contribution in [3.63, 3.8) is 0 Å². The minimum absolute atomic E-state index is 0.00613. The number of hydrogen-bond acceptors (Lipinski definition) is 4. The zero-order valence-corrected chi connectivity index (χ0v) is 15.3. The molecule has 26 heavy (non-hydrogen) atoms. The molecule has 0 radical (unpaired) electrons. The summed E-state index contributed by atoms with van der Waals surface area (Å²) in [4.78, 5) is 17.4. The molecule has 0 saturated carbocycles. The summed E-state index contributed by atoms with van der Waals surface area (Å²) < 4.78 is 14.7. The number of carbonyl (C=O) groups is 1. The number of Topliss-reactive ketones (excluding diaryl/α,β-unsaturated/α-hetero) is 1. The first-order valence-corrected chi connectivity index (χ1v) is 8.92. The number of benzene rings is 1. The van der Waals surface area contributed by atoms with Gasteiger partial charge in [-0.2, -0.15) is 0 Å². The quantitative estimate of drug-likeness (QED) is 0.732. The van der Waals surface area contributed by atoms with Crippen molar-refractivity contribution in [1.29, 1.82) is 0 Å². The van der Waals surface area contributed by atoms with Crippen LogP contribution < -0.4 is 10.6 Å². The molecule has 6 heteroatoms. The Kier molecular flexibility index (Phi) is 3.99. The van der Waals surface area contributed by atoms with Gasteiger partial charge in [0.1, 0.15) is 11.6 Å². The van der Waals surface area contributed by atoms with Crippen LogP contribution >= 0.6 is 11.6 Å². The molecule has 0 saturated heterocycles. The Labute approximate surface area is 156 Å². The maximum atomic E-state index is 14.7. The van der Waals surface area contributed by atoms with E-state index in [2.05, 4.69) is 29.5 Å². The molecule has 0 amide bonds. The van der Waals surface area contributed by atoms with E-state index >= 15 is 0 Å². The van der Waals surface area contributed by atoms with Crippen LogP contribution in [0.25, 0.3) is 0 Å². The molecule has 1 aliphatic heterocycles. The molecular weight excluding hydrogens is 353 g/mol. The minimum Gasteiger partial charge on any atom is -0.357 e. The highest BCUT2D eigenvalue weighted by Crippen LogP contribution is 2.46. The number of rotatable bonds is 1. The number of hydrogen-bond donors (Lipinski definition) is 2. The molecule has 1 atom stereocenters. The van der Waals surface area contributed by atoms with E-state index in [0.717, 1.165) is 11.4 Å². The van der Waals surface area contributed by atoms with Crippen molar-refractivity contribution in [2.75, 3.05) is 10.6 Å². The van der Waals surface area contributed by atoms with Gasteiger partial charge in [0.05, 0.1) is 11.7 Å². The molecular formula is C20H19ClFN3O. The summed E-state index contributed by atoms with van der Waals surface area (Å²) >= 11 is 6.32. The molecule has 2 aliphatic rings. The molecule has 2 N–H and O–H groups in total. The lowest BCUT2D eigenvalue weighted by atomic mass is 9.73. The molecule has 2 heterocycles. The highest BCUT2D eigenvalue weighted by molar-refractivity contribution is 6.31. The van der Waals surface area contributed by atoms with Crippen LogP contribution in [-0.4, -0.2) is 10.8 Å². The normalized spacial score (nSPS) is 21.2. The van der Waals surface area contributed by atoms with Crippen LogP contribution in [0.4, 0.5) is 15.9 Å². The zero-order chi connectivity index (χ0) is 18.5. The van der Waals surface area contributed by atoms with Gasteiger partial charge in [0.15, 0.2) is 5.78 Å². The highest BCUT2D eigenvalue weighted by atomic mass is 35.5. The van der Waals surface area contributed by atoms with Gasteiger partial charge in [-0.05, 0) is 36.1 Å². The number of aromatic nitrogens is 1. The van der Waals surface area contributed by atoms with Crippen LogP contribution in [-0.2, 0) is 4.79 Å². The van der Waals surface area contributed by atoms with Crippen LogP contribution in [0.3, 0.4) is 0 Å². The smallest absolute Gasteiger partial charge is 0.163 e. The molecule has 1 aromatic carbocycles. The second-order valence-electron chi connectivity index (χ2n) is 7.57. The van der Waals surface area contributed by atoms with Gasteiger partial charge < -0.3 is 10.6 Å². The topological polar surface area (TPSA) is 54.0 Å². The predicted molar refractivity (Wildman–Crippen MR) is 101 cm³/mol. The molecule has 1 aromatic heterocycles. The van der Waals surface area contributed by atoms with E-state index in [-0.39, 0.29) is 21.8 Å². The van der Waals surface area contributed by atoms with Gasteiger partial charge in [-0.15, -0.1) is 0 Å².